The fraction of sp³-hybridized carbons (Fsp3) is 0.400. The summed E-state index contributed by atoms with van der Waals surface area (Å²) in [6.45, 7) is 2.09. The third-order valence-corrected chi connectivity index (χ3v) is 6.54. The van der Waals surface area contributed by atoms with E-state index in [9.17, 15) is 13.5 Å². The SMILES string of the molecule is COc1ccc(CN(C[C@@H]2O[C@H]2CO)S(=O)(=O)c2ccc(C)cc2)cc1OC. The highest BCUT2D eigenvalue weighted by atomic mass is 32.2. The number of nitrogens with zero attached hydrogens (tertiary/aromatic N) is 1. The molecule has 2 aromatic carbocycles. The Hall–Kier alpha value is -2.13. The van der Waals surface area contributed by atoms with Crippen molar-refractivity contribution in [2.45, 2.75) is 30.6 Å². The standard InChI is InChI=1S/C20H25NO6S/c1-14-4-7-16(8-5-14)28(23,24)21(12-19-20(13-22)27-19)11-15-6-9-17(25-2)18(10-15)26-3/h4-10,19-20,22H,11-13H2,1-3H3/t19-,20-/m0/s1. The molecule has 0 radical (unpaired) electrons. The van der Waals surface area contributed by atoms with E-state index >= 15 is 0 Å². The molecule has 2 aromatic rings. The Kier molecular flexibility index (Phi) is 6.24. The van der Waals surface area contributed by atoms with Crippen LogP contribution in [0.4, 0.5) is 0 Å². The molecule has 152 valence electrons. The van der Waals surface area contributed by atoms with Crippen LogP contribution in [-0.2, 0) is 21.3 Å². The maximum absolute atomic E-state index is 13.2. The van der Waals surface area contributed by atoms with Crippen molar-refractivity contribution in [1.29, 1.82) is 0 Å². The molecule has 0 amide bonds. The summed E-state index contributed by atoms with van der Waals surface area (Å²) < 4.78 is 43.8. The van der Waals surface area contributed by atoms with Gasteiger partial charge in [-0.15, -0.1) is 0 Å². The number of hydrogen-bond donors (Lipinski definition) is 1. The van der Waals surface area contributed by atoms with Crippen LogP contribution >= 0.6 is 0 Å². The van der Waals surface area contributed by atoms with Crippen LogP contribution in [0.1, 0.15) is 11.1 Å². The highest BCUT2D eigenvalue weighted by Crippen LogP contribution is 2.31. The summed E-state index contributed by atoms with van der Waals surface area (Å²) in [7, 11) is -0.658. The number of aryl methyl sites for hydroxylation is 1. The second-order valence-electron chi connectivity index (χ2n) is 6.70. The number of epoxide rings is 1. The molecule has 28 heavy (non-hydrogen) atoms. The second kappa shape index (κ2) is 8.48. The van der Waals surface area contributed by atoms with Crippen LogP contribution in [0.15, 0.2) is 47.4 Å². The Labute approximate surface area is 165 Å². The molecule has 0 unspecified atom stereocenters. The van der Waals surface area contributed by atoms with Gasteiger partial charge in [-0.2, -0.15) is 4.31 Å². The molecule has 1 saturated heterocycles. The minimum atomic E-state index is -3.74. The molecule has 1 aliphatic rings. The van der Waals surface area contributed by atoms with Crippen molar-refractivity contribution in [1.82, 2.24) is 4.31 Å². The van der Waals surface area contributed by atoms with E-state index in [0.29, 0.717) is 11.5 Å². The van der Waals surface area contributed by atoms with Crippen molar-refractivity contribution in [2.75, 3.05) is 27.4 Å². The van der Waals surface area contributed by atoms with Gasteiger partial charge in [0.15, 0.2) is 11.5 Å². The lowest BCUT2D eigenvalue weighted by atomic mass is 10.2. The van der Waals surface area contributed by atoms with Gasteiger partial charge < -0.3 is 19.3 Å². The molecule has 7 nitrogen and oxygen atoms in total. The molecule has 2 atom stereocenters. The Morgan fingerprint density at radius 2 is 1.71 bits per heavy atom. The normalized spacial score (nSPS) is 18.9. The van der Waals surface area contributed by atoms with Gasteiger partial charge in [0.2, 0.25) is 10.0 Å². The smallest absolute Gasteiger partial charge is 0.243 e. The third kappa shape index (κ3) is 4.47. The minimum absolute atomic E-state index is 0.126. The van der Waals surface area contributed by atoms with Gasteiger partial charge in [-0.3, -0.25) is 0 Å². The van der Waals surface area contributed by atoms with Crippen LogP contribution in [0.3, 0.4) is 0 Å². The van der Waals surface area contributed by atoms with Crippen molar-refractivity contribution in [2.24, 2.45) is 0 Å². The van der Waals surface area contributed by atoms with Crippen LogP contribution in [0.25, 0.3) is 0 Å². The van der Waals surface area contributed by atoms with Gasteiger partial charge in [-0.1, -0.05) is 23.8 Å². The molecule has 1 fully saturated rings. The van der Waals surface area contributed by atoms with Crippen LogP contribution in [-0.4, -0.2) is 57.4 Å². The summed E-state index contributed by atoms with van der Waals surface area (Å²) in [6, 6.07) is 12.0. The van der Waals surface area contributed by atoms with E-state index in [1.54, 1.807) is 49.6 Å². The first kappa shape index (κ1) is 20.6. The van der Waals surface area contributed by atoms with E-state index < -0.39 is 10.0 Å². The van der Waals surface area contributed by atoms with Crippen LogP contribution in [0.5, 0.6) is 11.5 Å². The number of hydrogen-bond acceptors (Lipinski definition) is 6. The number of methoxy groups -OCH3 is 2. The van der Waals surface area contributed by atoms with Gasteiger partial charge in [-0.05, 0) is 36.8 Å². The Balaban J connectivity index is 1.90. The van der Waals surface area contributed by atoms with E-state index in [1.165, 1.54) is 11.4 Å². The number of ether oxygens (including phenoxy) is 3. The van der Waals surface area contributed by atoms with Gasteiger partial charge in [0, 0.05) is 13.1 Å². The number of aliphatic hydroxyl groups is 1. The predicted octanol–water partition coefficient (Wildman–Crippen LogP) is 1.96. The summed E-state index contributed by atoms with van der Waals surface area (Å²) >= 11 is 0. The lowest BCUT2D eigenvalue weighted by Crippen LogP contribution is -2.34. The topological polar surface area (TPSA) is 88.6 Å². The largest absolute Gasteiger partial charge is 0.493 e. The molecule has 0 spiro atoms. The number of sulfonamides is 1. The molecule has 3 rings (SSSR count). The quantitative estimate of drug-likeness (QED) is 0.640. The van der Waals surface area contributed by atoms with Gasteiger partial charge in [0.1, 0.15) is 12.2 Å². The number of aliphatic hydroxyl groups excluding tert-OH is 1. The van der Waals surface area contributed by atoms with Crippen LogP contribution in [0, 0.1) is 6.92 Å². The second-order valence-corrected chi connectivity index (χ2v) is 8.63. The zero-order valence-corrected chi connectivity index (χ0v) is 17.0. The van der Waals surface area contributed by atoms with E-state index in [4.69, 9.17) is 14.2 Å². The Morgan fingerprint density at radius 3 is 2.29 bits per heavy atom. The minimum Gasteiger partial charge on any atom is -0.493 e. The van der Waals surface area contributed by atoms with Crippen molar-refractivity contribution >= 4 is 10.0 Å². The molecular weight excluding hydrogens is 382 g/mol. The Morgan fingerprint density at radius 1 is 1.04 bits per heavy atom. The summed E-state index contributed by atoms with van der Waals surface area (Å²) in [4.78, 5) is 0.222. The van der Waals surface area contributed by atoms with Crippen molar-refractivity contribution < 1.29 is 27.7 Å². The fourth-order valence-corrected chi connectivity index (χ4v) is 4.43. The number of rotatable bonds is 9. The molecular formula is C20H25NO6S. The molecule has 1 aliphatic heterocycles. The maximum Gasteiger partial charge on any atom is 0.243 e. The maximum atomic E-state index is 13.2. The van der Waals surface area contributed by atoms with Crippen molar-refractivity contribution in [3.63, 3.8) is 0 Å². The fourth-order valence-electron chi connectivity index (χ4n) is 2.99. The highest BCUT2D eigenvalue weighted by Gasteiger charge is 2.42. The average Bonchev–Trinajstić information content (AvgIpc) is 3.46. The third-order valence-electron chi connectivity index (χ3n) is 4.72. The van der Waals surface area contributed by atoms with E-state index in [2.05, 4.69) is 0 Å². The Bertz CT molecular complexity index is 913. The van der Waals surface area contributed by atoms with E-state index in [-0.39, 0.29) is 36.8 Å². The summed E-state index contributed by atoms with van der Waals surface area (Å²) in [6.07, 6.45) is -0.633. The zero-order chi connectivity index (χ0) is 20.3. The molecule has 0 aromatic heterocycles. The summed E-state index contributed by atoms with van der Waals surface area (Å²) in [5.74, 6) is 1.11. The summed E-state index contributed by atoms with van der Waals surface area (Å²) in [5, 5.41) is 9.23. The van der Waals surface area contributed by atoms with Crippen molar-refractivity contribution in [3.8, 4) is 11.5 Å². The predicted molar refractivity (Wildman–Crippen MR) is 104 cm³/mol. The average molecular weight is 407 g/mol. The van der Waals surface area contributed by atoms with Gasteiger partial charge in [-0.25, -0.2) is 8.42 Å². The first-order valence-corrected chi connectivity index (χ1v) is 10.4. The number of benzene rings is 2. The van der Waals surface area contributed by atoms with Crippen molar-refractivity contribution in [3.05, 3.63) is 53.6 Å². The first-order valence-electron chi connectivity index (χ1n) is 8.93. The highest BCUT2D eigenvalue weighted by molar-refractivity contribution is 7.89. The molecule has 0 saturated carbocycles. The molecule has 1 N–H and O–H groups in total. The van der Waals surface area contributed by atoms with Gasteiger partial charge >= 0.3 is 0 Å². The van der Waals surface area contributed by atoms with E-state index in [0.717, 1.165) is 11.1 Å². The monoisotopic (exact) mass is 407 g/mol. The first-order chi connectivity index (χ1) is 13.4. The zero-order valence-electron chi connectivity index (χ0n) is 16.2. The molecule has 0 aliphatic carbocycles. The molecule has 8 heteroatoms. The van der Waals surface area contributed by atoms with E-state index in [1.807, 2.05) is 6.92 Å². The van der Waals surface area contributed by atoms with Crippen LogP contribution in [0.2, 0.25) is 0 Å². The van der Waals surface area contributed by atoms with Crippen LogP contribution < -0.4 is 9.47 Å². The lowest BCUT2D eigenvalue weighted by molar-refractivity contribution is 0.240. The van der Waals surface area contributed by atoms with Gasteiger partial charge in [0.25, 0.3) is 0 Å². The van der Waals surface area contributed by atoms with Gasteiger partial charge in [0.05, 0.1) is 25.7 Å². The lowest BCUT2D eigenvalue weighted by Gasteiger charge is -2.22. The molecule has 0 bridgehead atoms. The molecule has 1 heterocycles. The summed E-state index contributed by atoms with van der Waals surface area (Å²) in [5.41, 5.74) is 1.74.